The largest absolute Gasteiger partial charge is 0.355 e. The van der Waals surface area contributed by atoms with E-state index in [-0.39, 0.29) is 12.3 Å². The molecule has 2 aromatic carbocycles. The number of amides is 1. The SMILES string of the molecule is O=C(Cc1ccc(-n2cnnn2)cc1)NCCc1cc(F)cc(F)c1. The molecule has 6 nitrogen and oxygen atoms in total. The van der Waals surface area contributed by atoms with Crippen molar-refractivity contribution in [3.63, 3.8) is 0 Å². The zero-order valence-corrected chi connectivity index (χ0v) is 13.2. The Morgan fingerprint density at radius 3 is 2.40 bits per heavy atom. The molecule has 1 N–H and O–H groups in total. The van der Waals surface area contributed by atoms with Gasteiger partial charge < -0.3 is 5.32 Å². The van der Waals surface area contributed by atoms with Crippen molar-refractivity contribution in [2.24, 2.45) is 0 Å². The Morgan fingerprint density at radius 2 is 1.76 bits per heavy atom. The molecule has 1 amide bonds. The molecule has 0 atom stereocenters. The molecule has 0 unspecified atom stereocenters. The number of hydrogen-bond acceptors (Lipinski definition) is 4. The molecule has 1 aromatic heterocycles. The van der Waals surface area contributed by atoms with Crippen LogP contribution in [0.25, 0.3) is 5.69 Å². The number of halogens is 2. The fourth-order valence-electron chi connectivity index (χ4n) is 2.40. The Morgan fingerprint density at radius 1 is 1.04 bits per heavy atom. The summed E-state index contributed by atoms with van der Waals surface area (Å²) < 4.78 is 27.7. The second-order valence-corrected chi connectivity index (χ2v) is 5.48. The van der Waals surface area contributed by atoms with Crippen LogP contribution in [0.2, 0.25) is 0 Å². The molecule has 25 heavy (non-hydrogen) atoms. The van der Waals surface area contributed by atoms with Gasteiger partial charge in [-0.2, -0.15) is 0 Å². The van der Waals surface area contributed by atoms with Gasteiger partial charge in [-0.3, -0.25) is 4.79 Å². The highest BCUT2D eigenvalue weighted by Gasteiger charge is 2.05. The number of tetrazole rings is 1. The standard InChI is InChI=1S/C17H15F2N5O/c18-14-7-13(8-15(19)10-14)5-6-20-17(25)9-12-1-3-16(4-2-12)24-11-21-22-23-24/h1-4,7-8,10-11H,5-6,9H2,(H,20,25). The zero-order valence-electron chi connectivity index (χ0n) is 13.2. The van der Waals surface area contributed by atoms with Crippen molar-refractivity contribution in [2.75, 3.05) is 6.54 Å². The summed E-state index contributed by atoms with van der Waals surface area (Å²) in [7, 11) is 0. The Balaban J connectivity index is 1.49. The maximum Gasteiger partial charge on any atom is 0.224 e. The second-order valence-electron chi connectivity index (χ2n) is 5.48. The highest BCUT2D eigenvalue weighted by Crippen LogP contribution is 2.09. The predicted octanol–water partition coefficient (Wildman–Crippen LogP) is 1.84. The Bertz CT molecular complexity index is 830. The van der Waals surface area contributed by atoms with Crippen LogP contribution in [0, 0.1) is 11.6 Å². The van der Waals surface area contributed by atoms with E-state index in [0.29, 0.717) is 18.5 Å². The molecular weight excluding hydrogens is 328 g/mol. The maximum atomic E-state index is 13.1. The molecule has 1 heterocycles. The van der Waals surface area contributed by atoms with Crippen LogP contribution in [0.5, 0.6) is 0 Å². The first-order chi connectivity index (χ1) is 12.1. The third-order valence-corrected chi connectivity index (χ3v) is 3.57. The highest BCUT2D eigenvalue weighted by atomic mass is 19.1. The number of rotatable bonds is 6. The minimum Gasteiger partial charge on any atom is -0.355 e. The summed E-state index contributed by atoms with van der Waals surface area (Å²) in [5.41, 5.74) is 2.14. The third kappa shape index (κ3) is 4.66. The highest BCUT2D eigenvalue weighted by molar-refractivity contribution is 5.78. The quantitative estimate of drug-likeness (QED) is 0.741. The minimum absolute atomic E-state index is 0.160. The minimum atomic E-state index is -0.621. The molecule has 0 aliphatic rings. The van der Waals surface area contributed by atoms with Crippen molar-refractivity contribution >= 4 is 5.91 Å². The third-order valence-electron chi connectivity index (χ3n) is 3.57. The van der Waals surface area contributed by atoms with Gasteiger partial charge in [0.25, 0.3) is 0 Å². The summed E-state index contributed by atoms with van der Waals surface area (Å²) in [5.74, 6) is -1.40. The summed E-state index contributed by atoms with van der Waals surface area (Å²) >= 11 is 0. The monoisotopic (exact) mass is 343 g/mol. The van der Waals surface area contributed by atoms with Crippen molar-refractivity contribution in [2.45, 2.75) is 12.8 Å². The normalized spacial score (nSPS) is 10.6. The first-order valence-electron chi connectivity index (χ1n) is 7.64. The topological polar surface area (TPSA) is 72.7 Å². The van der Waals surface area contributed by atoms with E-state index in [1.165, 1.54) is 23.1 Å². The van der Waals surface area contributed by atoms with E-state index in [0.717, 1.165) is 17.3 Å². The zero-order chi connectivity index (χ0) is 17.6. The van der Waals surface area contributed by atoms with Gasteiger partial charge >= 0.3 is 0 Å². The number of carbonyl (C=O) groups excluding carboxylic acids is 1. The van der Waals surface area contributed by atoms with E-state index < -0.39 is 11.6 Å². The van der Waals surface area contributed by atoms with Crippen LogP contribution in [0.3, 0.4) is 0 Å². The van der Waals surface area contributed by atoms with E-state index in [9.17, 15) is 13.6 Å². The fraction of sp³-hybridized carbons (Fsp3) is 0.176. The second kappa shape index (κ2) is 7.61. The Hall–Kier alpha value is -3.16. The summed E-state index contributed by atoms with van der Waals surface area (Å²) in [5, 5.41) is 13.6. The molecule has 0 aliphatic carbocycles. The summed E-state index contributed by atoms with van der Waals surface area (Å²) in [6.07, 6.45) is 2.06. The van der Waals surface area contributed by atoms with Crippen molar-refractivity contribution < 1.29 is 13.6 Å². The van der Waals surface area contributed by atoms with Gasteiger partial charge in [0.1, 0.15) is 18.0 Å². The first-order valence-corrected chi connectivity index (χ1v) is 7.64. The number of nitrogens with zero attached hydrogens (tertiary/aromatic N) is 4. The molecule has 128 valence electrons. The smallest absolute Gasteiger partial charge is 0.224 e. The molecule has 0 spiro atoms. The lowest BCUT2D eigenvalue weighted by molar-refractivity contribution is -0.120. The molecular formula is C17H15F2N5O. The number of nitrogens with one attached hydrogen (secondary N) is 1. The number of aromatic nitrogens is 4. The van der Waals surface area contributed by atoms with Gasteiger partial charge in [0, 0.05) is 12.6 Å². The summed E-state index contributed by atoms with van der Waals surface area (Å²) in [6, 6.07) is 10.6. The van der Waals surface area contributed by atoms with E-state index >= 15 is 0 Å². The molecule has 0 fully saturated rings. The number of benzene rings is 2. The van der Waals surface area contributed by atoms with Crippen LogP contribution in [0.4, 0.5) is 8.78 Å². The number of hydrogen-bond donors (Lipinski definition) is 1. The predicted molar refractivity (Wildman–Crippen MR) is 85.9 cm³/mol. The van der Waals surface area contributed by atoms with Gasteiger partial charge in [-0.1, -0.05) is 12.1 Å². The maximum absolute atomic E-state index is 13.1. The van der Waals surface area contributed by atoms with E-state index in [1.807, 2.05) is 24.3 Å². The van der Waals surface area contributed by atoms with Crippen molar-refractivity contribution in [3.8, 4) is 5.69 Å². The molecule has 0 radical (unpaired) electrons. The van der Waals surface area contributed by atoms with Gasteiger partial charge in [0.05, 0.1) is 12.1 Å². The van der Waals surface area contributed by atoms with Crippen molar-refractivity contribution in [1.82, 2.24) is 25.5 Å². The van der Waals surface area contributed by atoms with E-state index in [4.69, 9.17) is 0 Å². The summed E-state index contributed by atoms with van der Waals surface area (Å²) in [4.78, 5) is 12.0. The van der Waals surface area contributed by atoms with Crippen LogP contribution in [0.15, 0.2) is 48.8 Å². The molecule has 0 saturated heterocycles. The molecule has 0 saturated carbocycles. The van der Waals surface area contributed by atoms with Crippen LogP contribution in [-0.4, -0.2) is 32.7 Å². The summed E-state index contributed by atoms with van der Waals surface area (Å²) in [6.45, 7) is 0.310. The molecule has 3 rings (SSSR count). The molecule has 8 heteroatoms. The number of carbonyl (C=O) groups is 1. The lowest BCUT2D eigenvalue weighted by atomic mass is 10.1. The van der Waals surface area contributed by atoms with E-state index in [1.54, 1.807) is 0 Å². The van der Waals surface area contributed by atoms with Crippen molar-refractivity contribution in [1.29, 1.82) is 0 Å². The molecule has 0 bridgehead atoms. The van der Waals surface area contributed by atoms with Crippen LogP contribution in [-0.2, 0) is 17.6 Å². The van der Waals surface area contributed by atoms with Gasteiger partial charge in [-0.05, 0) is 52.2 Å². The van der Waals surface area contributed by atoms with Gasteiger partial charge in [0.15, 0.2) is 0 Å². The van der Waals surface area contributed by atoms with E-state index in [2.05, 4.69) is 20.8 Å². The van der Waals surface area contributed by atoms with Crippen LogP contribution < -0.4 is 5.32 Å². The van der Waals surface area contributed by atoms with Crippen LogP contribution in [0.1, 0.15) is 11.1 Å². The van der Waals surface area contributed by atoms with Gasteiger partial charge in [-0.15, -0.1) is 5.10 Å². The van der Waals surface area contributed by atoms with Crippen molar-refractivity contribution in [3.05, 3.63) is 71.6 Å². The van der Waals surface area contributed by atoms with Gasteiger partial charge in [-0.25, -0.2) is 13.5 Å². The molecule has 3 aromatic rings. The lowest BCUT2D eigenvalue weighted by Gasteiger charge is -2.07. The van der Waals surface area contributed by atoms with Gasteiger partial charge in [0.2, 0.25) is 5.91 Å². The lowest BCUT2D eigenvalue weighted by Crippen LogP contribution is -2.27. The van der Waals surface area contributed by atoms with Crippen LogP contribution >= 0.6 is 0 Å². The average molecular weight is 343 g/mol. The Kier molecular flexibility index (Phi) is 5.08. The average Bonchev–Trinajstić information content (AvgIpc) is 3.09. The Labute approximate surface area is 142 Å². The fourth-order valence-corrected chi connectivity index (χ4v) is 2.40. The molecule has 0 aliphatic heterocycles. The first kappa shape index (κ1) is 16.7.